The zero-order valence-electron chi connectivity index (χ0n) is 16.6. The van der Waals surface area contributed by atoms with Crippen LogP contribution in [0.25, 0.3) is 16.9 Å². The first-order valence-electron chi connectivity index (χ1n) is 9.56. The average molecular weight is 427 g/mol. The molecule has 3 N–H and O–H groups in total. The van der Waals surface area contributed by atoms with E-state index >= 15 is 0 Å². The van der Waals surface area contributed by atoms with Crippen LogP contribution in [0.1, 0.15) is 26.3 Å². The van der Waals surface area contributed by atoms with Gasteiger partial charge in [0.25, 0.3) is 5.56 Å². The summed E-state index contributed by atoms with van der Waals surface area (Å²) in [7, 11) is 0. The number of aliphatic imine (C=N–C) groups is 1. The van der Waals surface area contributed by atoms with E-state index in [-0.39, 0.29) is 27.9 Å². The van der Waals surface area contributed by atoms with E-state index in [0.717, 1.165) is 0 Å². The number of hydrogen-bond donors (Lipinski definition) is 3. The number of nitrogens with zero attached hydrogens (tertiary/aromatic N) is 2. The first kappa shape index (κ1) is 20.5. The van der Waals surface area contributed by atoms with Gasteiger partial charge in [0.05, 0.1) is 33.8 Å². The predicted molar refractivity (Wildman–Crippen MR) is 119 cm³/mol. The van der Waals surface area contributed by atoms with Crippen LogP contribution in [-0.2, 0) is 0 Å². The van der Waals surface area contributed by atoms with Crippen molar-refractivity contribution in [2.45, 2.75) is 0 Å². The van der Waals surface area contributed by atoms with Gasteiger partial charge in [-0.2, -0.15) is 0 Å². The molecule has 8 heteroatoms. The number of aromatic amines is 1. The van der Waals surface area contributed by atoms with Crippen molar-refractivity contribution >= 4 is 23.8 Å². The maximum atomic E-state index is 13.2. The summed E-state index contributed by atoms with van der Waals surface area (Å²) in [6.07, 6.45) is 1.32. The highest BCUT2D eigenvalue weighted by Gasteiger charge is 2.17. The Balaban J connectivity index is 1.87. The van der Waals surface area contributed by atoms with Gasteiger partial charge in [-0.3, -0.25) is 14.9 Å². The lowest BCUT2D eigenvalue weighted by molar-refractivity contribution is 0.0686. The molecule has 4 aromatic rings. The molecule has 0 radical (unpaired) electrons. The van der Waals surface area contributed by atoms with E-state index in [2.05, 4.69) is 10.1 Å². The van der Waals surface area contributed by atoms with E-state index < -0.39 is 11.9 Å². The van der Waals surface area contributed by atoms with Crippen LogP contribution in [0.3, 0.4) is 0 Å². The number of hydrogen-bond acceptors (Lipinski definition) is 4. The number of para-hydroxylation sites is 2. The molecule has 0 fully saturated rings. The fraction of sp³-hybridized carbons (Fsp3) is 0. The smallest absolute Gasteiger partial charge is 0.337 e. The number of carboxylic acid groups (broad SMARTS) is 2. The van der Waals surface area contributed by atoms with Crippen molar-refractivity contribution in [2.24, 2.45) is 4.99 Å². The minimum absolute atomic E-state index is 0.00929. The van der Waals surface area contributed by atoms with Crippen LogP contribution in [0.15, 0.2) is 88.6 Å². The number of rotatable bonds is 6. The van der Waals surface area contributed by atoms with Crippen molar-refractivity contribution in [1.82, 2.24) is 9.78 Å². The molecule has 0 aliphatic heterocycles. The van der Waals surface area contributed by atoms with E-state index in [0.29, 0.717) is 16.9 Å². The summed E-state index contributed by atoms with van der Waals surface area (Å²) in [5, 5.41) is 21.6. The Morgan fingerprint density at radius 2 is 1.50 bits per heavy atom. The summed E-state index contributed by atoms with van der Waals surface area (Å²) in [5.41, 5.74) is 1.76. The first-order valence-corrected chi connectivity index (χ1v) is 9.56. The Kier molecular flexibility index (Phi) is 5.50. The molecule has 0 unspecified atom stereocenters. The molecule has 0 saturated heterocycles. The number of carbonyl (C=O) groups is 2. The zero-order chi connectivity index (χ0) is 22.7. The minimum Gasteiger partial charge on any atom is -0.478 e. The zero-order valence-corrected chi connectivity index (χ0v) is 16.6. The van der Waals surface area contributed by atoms with E-state index in [1.165, 1.54) is 29.1 Å². The quantitative estimate of drug-likeness (QED) is 0.402. The van der Waals surface area contributed by atoms with Crippen molar-refractivity contribution in [3.63, 3.8) is 0 Å². The van der Waals surface area contributed by atoms with Crippen LogP contribution in [-0.4, -0.2) is 38.1 Å². The van der Waals surface area contributed by atoms with E-state index in [4.69, 9.17) is 5.11 Å². The fourth-order valence-electron chi connectivity index (χ4n) is 3.23. The molecule has 8 nitrogen and oxygen atoms in total. The lowest BCUT2D eigenvalue weighted by Crippen LogP contribution is -2.17. The largest absolute Gasteiger partial charge is 0.478 e. The summed E-state index contributed by atoms with van der Waals surface area (Å²) in [4.78, 5) is 40.1. The van der Waals surface area contributed by atoms with Crippen LogP contribution in [0.4, 0.5) is 5.69 Å². The van der Waals surface area contributed by atoms with E-state index in [1.807, 2.05) is 6.07 Å². The molecule has 1 aromatic heterocycles. The fourth-order valence-corrected chi connectivity index (χ4v) is 3.23. The van der Waals surface area contributed by atoms with Gasteiger partial charge in [0, 0.05) is 11.8 Å². The second-order valence-corrected chi connectivity index (χ2v) is 6.84. The number of nitrogens with one attached hydrogen (secondary N) is 1. The summed E-state index contributed by atoms with van der Waals surface area (Å²) in [6, 6.07) is 21.2. The van der Waals surface area contributed by atoms with Crippen molar-refractivity contribution < 1.29 is 19.8 Å². The summed E-state index contributed by atoms with van der Waals surface area (Å²) < 4.78 is 1.35. The van der Waals surface area contributed by atoms with Gasteiger partial charge >= 0.3 is 11.9 Å². The van der Waals surface area contributed by atoms with Crippen LogP contribution in [0.5, 0.6) is 0 Å². The molecule has 0 saturated carbocycles. The Morgan fingerprint density at radius 1 is 0.844 bits per heavy atom. The van der Waals surface area contributed by atoms with Gasteiger partial charge in [0.15, 0.2) is 0 Å². The molecule has 1 heterocycles. The second kappa shape index (κ2) is 8.57. The first-order chi connectivity index (χ1) is 15.5. The average Bonchev–Trinajstić information content (AvgIpc) is 3.14. The minimum atomic E-state index is -1.13. The summed E-state index contributed by atoms with van der Waals surface area (Å²) >= 11 is 0. The van der Waals surface area contributed by atoms with E-state index in [9.17, 15) is 19.5 Å². The highest BCUT2D eigenvalue weighted by molar-refractivity contribution is 5.96. The molecule has 0 spiro atoms. The molecule has 158 valence electrons. The number of aromatic nitrogens is 2. The number of carboxylic acids is 2. The summed E-state index contributed by atoms with van der Waals surface area (Å²) in [5.74, 6) is -2.18. The maximum Gasteiger partial charge on any atom is 0.337 e. The second-order valence-electron chi connectivity index (χ2n) is 6.84. The molecule has 0 aliphatic carbocycles. The number of benzene rings is 3. The molecule has 0 atom stereocenters. The molecular formula is C24H17N3O5. The van der Waals surface area contributed by atoms with Gasteiger partial charge in [-0.15, -0.1) is 0 Å². The lowest BCUT2D eigenvalue weighted by atomic mass is 10.1. The SMILES string of the molecule is O=C(O)c1ccc(-c2[nH]n(-c3ccccc3)c(=O)c2C=Nc2ccccc2C(=O)O)cc1. The highest BCUT2D eigenvalue weighted by atomic mass is 16.4. The Labute approximate surface area is 181 Å². The van der Waals surface area contributed by atoms with Crippen LogP contribution < -0.4 is 5.56 Å². The van der Waals surface area contributed by atoms with Gasteiger partial charge < -0.3 is 10.2 Å². The molecule has 4 rings (SSSR count). The van der Waals surface area contributed by atoms with Crippen LogP contribution >= 0.6 is 0 Å². The van der Waals surface area contributed by atoms with Gasteiger partial charge in [-0.05, 0) is 36.4 Å². The Hall–Kier alpha value is -4.72. The maximum absolute atomic E-state index is 13.2. The van der Waals surface area contributed by atoms with Gasteiger partial charge in [-0.25, -0.2) is 14.3 Å². The monoisotopic (exact) mass is 427 g/mol. The molecule has 0 aliphatic rings. The van der Waals surface area contributed by atoms with Crippen molar-refractivity contribution in [3.05, 3.63) is 106 Å². The molecule has 3 aromatic carbocycles. The highest BCUT2D eigenvalue weighted by Crippen LogP contribution is 2.23. The third kappa shape index (κ3) is 3.97. The van der Waals surface area contributed by atoms with Crippen molar-refractivity contribution in [3.8, 4) is 16.9 Å². The Morgan fingerprint density at radius 3 is 2.16 bits per heavy atom. The van der Waals surface area contributed by atoms with Crippen LogP contribution in [0.2, 0.25) is 0 Å². The van der Waals surface area contributed by atoms with Gasteiger partial charge in [-0.1, -0.05) is 42.5 Å². The molecular weight excluding hydrogens is 410 g/mol. The molecule has 0 amide bonds. The van der Waals surface area contributed by atoms with E-state index in [1.54, 1.807) is 54.6 Å². The lowest BCUT2D eigenvalue weighted by Gasteiger charge is -2.03. The van der Waals surface area contributed by atoms with Crippen molar-refractivity contribution in [1.29, 1.82) is 0 Å². The number of H-pyrrole nitrogens is 1. The predicted octanol–water partition coefficient (Wildman–Crippen LogP) is 3.98. The normalized spacial score (nSPS) is 11.0. The number of aromatic carboxylic acids is 2. The van der Waals surface area contributed by atoms with Crippen LogP contribution in [0, 0.1) is 0 Å². The van der Waals surface area contributed by atoms with Crippen molar-refractivity contribution in [2.75, 3.05) is 0 Å². The standard InChI is InChI=1S/C24H17N3O5/c28-22-19(14-25-20-9-5-4-8-18(20)24(31)32)21(15-10-12-16(13-11-15)23(29)30)26-27(22)17-6-2-1-3-7-17/h1-14,26H,(H,29,30)(H,31,32). The van der Waals surface area contributed by atoms with Gasteiger partial charge in [0.2, 0.25) is 0 Å². The summed E-state index contributed by atoms with van der Waals surface area (Å²) in [6.45, 7) is 0. The van der Waals surface area contributed by atoms with Gasteiger partial charge in [0.1, 0.15) is 0 Å². The third-order valence-electron chi connectivity index (χ3n) is 4.83. The molecule has 32 heavy (non-hydrogen) atoms. The topological polar surface area (TPSA) is 125 Å². The third-order valence-corrected chi connectivity index (χ3v) is 4.83. The molecule has 0 bridgehead atoms. The Bertz CT molecular complexity index is 1380.